The monoisotopic (exact) mass is 230 g/mol. The molecular formula is C12H19ClO2. The van der Waals surface area contributed by atoms with E-state index in [4.69, 9.17) is 11.6 Å². The molecule has 2 aliphatic rings. The molecule has 0 aromatic rings. The molecule has 3 heteroatoms. The van der Waals surface area contributed by atoms with Crippen LogP contribution in [0.3, 0.4) is 0 Å². The van der Waals surface area contributed by atoms with Gasteiger partial charge in [-0.25, -0.2) is 0 Å². The molecule has 0 heterocycles. The number of carbonyl (C=O) groups excluding carboxylic acids is 1. The molecule has 0 aromatic heterocycles. The molecule has 2 saturated carbocycles. The Kier molecular flexibility index (Phi) is 3.09. The Morgan fingerprint density at radius 1 is 1.60 bits per heavy atom. The van der Waals surface area contributed by atoms with Gasteiger partial charge in [0, 0.05) is 23.1 Å². The molecule has 1 N–H and O–H groups in total. The number of aliphatic hydroxyl groups is 1. The molecule has 2 fully saturated rings. The van der Waals surface area contributed by atoms with Crippen LogP contribution in [0.2, 0.25) is 0 Å². The number of halogens is 1. The first-order chi connectivity index (χ1) is 7.06. The summed E-state index contributed by atoms with van der Waals surface area (Å²) in [5.74, 6) is 0.657. The minimum Gasteiger partial charge on any atom is -0.393 e. The topological polar surface area (TPSA) is 37.3 Å². The Morgan fingerprint density at radius 3 is 2.93 bits per heavy atom. The van der Waals surface area contributed by atoms with Crippen LogP contribution in [0.25, 0.3) is 0 Å². The number of carbonyl (C=O) groups is 1. The molecule has 0 radical (unpaired) electrons. The second-order valence-corrected chi connectivity index (χ2v) is 5.74. The molecule has 0 amide bonds. The molecule has 4 atom stereocenters. The van der Waals surface area contributed by atoms with E-state index in [9.17, 15) is 9.90 Å². The molecular weight excluding hydrogens is 212 g/mol. The van der Waals surface area contributed by atoms with Crippen molar-refractivity contribution in [3.63, 3.8) is 0 Å². The van der Waals surface area contributed by atoms with Crippen molar-refractivity contribution < 1.29 is 9.90 Å². The summed E-state index contributed by atoms with van der Waals surface area (Å²) in [6.07, 6.45) is 5.28. The third-order valence-electron chi connectivity index (χ3n) is 4.18. The van der Waals surface area contributed by atoms with Gasteiger partial charge in [-0.2, -0.15) is 0 Å². The quantitative estimate of drug-likeness (QED) is 0.754. The summed E-state index contributed by atoms with van der Waals surface area (Å²) in [4.78, 5) is 11.5. The molecule has 0 saturated heterocycles. The molecule has 4 unspecified atom stereocenters. The molecule has 2 nitrogen and oxygen atoms in total. The summed E-state index contributed by atoms with van der Waals surface area (Å²) in [7, 11) is 0. The predicted octanol–water partition coefficient (Wildman–Crippen LogP) is 2.51. The van der Waals surface area contributed by atoms with Crippen molar-refractivity contribution >= 4 is 17.4 Å². The van der Waals surface area contributed by atoms with Gasteiger partial charge in [0.05, 0.1) is 6.10 Å². The normalized spacial score (nSPS) is 38.3. The van der Waals surface area contributed by atoms with Crippen molar-refractivity contribution in [1.29, 1.82) is 0 Å². The summed E-state index contributed by atoms with van der Waals surface area (Å²) in [6.45, 7) is 1.79. The van der Waals surface area contributed by atoms with Gasteiger partial charge in [0.25, 0.3) is 0 Å². The number of alkyl halides is 1. The van der Waals surface area contributed by atoms with Crippen molar-refractivity contribution in [3.8, 4) is 0 Å². The third kappa shape index (κ3) is 1.83. The van der Waals surface area contributed by atoms with Crippen molar-refractivity contribution in [3.05, 3.63) is 0 Å². The van der Waals surface area contributed by atoms with Gasteiger partial charge in [-0.15, -0.1) is 11.6 Å². The van der Waals surface area contributed by atoms with Crippen LogP contribution in [0.5, 0.6) is 0 Å². The summed E-state index contributed by atoms with van der Waals surface area (Å²) < 4.78 is 0. The minimum atomic E-state index is -0.279. The average Bonchev–Trinajstić information content (AvgIpc) is 2.52. The fraction of sp³-hybridized carbons (Fsp3) is 0.917. The maximum Gasteiger partial charge on any atom is 0.137 e. The second kappa shape index (κ2) is 4.06. The molecule has 15 heavy (non-hydrogen) atoms. The fourth-order valence-corrected chi connectivity index (χ4v) is 3.73. The lowest BCUT2D eigenvalue weighted by atomic mass is 9.58. The lowest BCUT2D eigenvalue weighted by molar-refractivity contribution is -0.140. The summed E-state index contributed by atoms with van der Waals surface area (Å²) in [6, 6.07) is 0. The third-order valence-corrected chi connectivity index (χ3v) is 4.84. The van der Waals surface area contributed by atoms with Crippen molar-refractivity contribution in [2.75, 3.05) is 0 Å². The minimum absolute atomic E-state index is 0.0808. The standard InChI is InChI=1S/C12H19ClO2/c1-8(14)4-5-11(13)12-6-2-3-9(12)10(15)7-12/h8-9,11,14H,2-7H2,1H3. The van der Waals surface area contributed by atoms with E-state index in [-0.39, 0.29) is 22.8 Å². The highest BCUT2D eigenvalue weighted by Crippen LogP contribution is 2.59. The van der Waals surface area contributed by atoms with E-state index in [1.165, 1.54) is 0 Å². The first-order valence-corrected chi connectivity index (χ1v) is 6.35. The first kappa shape index (κ1) is 11.4. The van der Waals surface area contributed by atoms with Crippen molar-refractivity contribution in [1.82, 2.24) is 0 Å². The SMILES string of the molecule is CC(O)CCC(Cl)C12CCCC1C(=O)C2. The van der Waals surface area contributed by atoms with Crippen LogP contribution >= 0.6 is 11.6 Å². The van der Waals surface area contributed by atoms with Gasteiger partial charge in [-0.3, -0.25) is 4.79 Å². The van der Waals surface area contributed by atoms with Gasteiger partial charge < -0.3 is 5.11 Å². The van der Waals surface area contributed by atoms with E-state index in [0.717, 1.165) is 32.1 Å². The highest BCUT2D eigenvalue weighted by Gasteiger charge is 2.59. The van der Waals surface area contributed by atoms with E-state index < -0.39 is 0 Å². The van der Waals surface area contributed by atoms with Gasteiger partial charge in [0.15, 0.2) is 0 Å². The summed E-state index contributed by atoms with van der Waals surface area (Å²) in [5, 5.41) is 9.32. The molecule has 0 spiro atoms. The Hall–Kier alpha value is -0.0800. The van der Waals surface area contributed by atoms with E-state index in [1.54, 1.807) is 6.92 Å². The van der Waals surface area contributed by atoms with Crippen LogP contribution in [0.1, 0.15) is 45.4 Å². The number of fused-ring (bicyclic) bond motifs is 1. The zero-order valence-electron chi connectivity index (χ0n) is 9.21. The molecule has 2 rings (SSSR count). The average molecular weight is 231 g/mol. The lowest BCUT2D eigenvalue weighted by Gasteiger charge is -2.47. The Labute approximate surface area is 96.0 Å². The van der Waals surface area contributed by atoms with Crippen LogP contribution < -0.4 is 0 Å². The van der Waals surface area contributed by atoms with Gasteiger partial charge >= 0.3 is 0 Å². The smallest absolute Gasteiger partial charge is 0.137 e. The predicted molar refractivity (Wildman–Crippen MR) is 60.0 cm³/mol. The Morgan fingerprint density at radius 2 is 2.33 bits per heavy atom. The van der Waals surface area contributed by atoms with E-state index in [1.807, 2.05) is 0 Å². The molecule has 0 bridgehead atoms. The largest absolute Gasteiger partial charge is 0.393 e. The van der Waals surface area contributed by atoms with Crippen LogP contribution in [0, 0.1) is 11.3 Å². The summed E-state index contributed by atoms with van der Waals surface area (Å²) >= 11 is 6.42. The molecule has 2 aliphatic carbocycles. The van der Waals surface area contributed by atoms with E-state index >= 15 is 0 Å². The van der Waals surface area contributed by atoms with Crippen LogP contribution in [0.4, 0.5) is 0 Å². The van der Waals surface area contributed by atoms with Crippen LogP contribution in [-0.2, 0) is 4.79 Å². The molecule has 86 valence electrons. The lowest BCUT2D eigenvalue weighted by Crippen LogP contribution is -2.50. The Balaban J connectivity index is 1.94. The zero-order chi connectivity index (χ0) is 11.1. The van der Waals surface area contributed by atoms with Crippen LogP contribution in [0.15, 0.2) is 0 Å². The van der Waals surface area contributed by atoms with E-state index in [0.29, 0.717) is 12.2 Å². The number of aliphatic hydroxyl groups excluding tert-OH is 1. The van der Waals surface area contributed by atoms with Crippen LogP contribution in [-0.4, -0.2) is 22.4 Å². The first-order valence-electron chi connectivity index (χ1n) is 5.91. The van der Waals surface area contributed by atoms with Crippen molar-refractivity contribution in [2.45, 2.75) is 56.9 Å². The van der Waals surface area contributed by atoms with Gasteiger partial charge in [-0.1, -0.05) is 6.42 Å². The fourth-order valence-electron chi connectivity index (χ4n) is 3.27. The Bertz CT molecular complexity index is 264. The maximum absolute atomic E-state index is 11.5. The van der Waals surface area contributed by atoms with Gasteiger partial charge in [0.1, 0.15) is 5.78 Å². The number of Topliss-reactive ketones (excluding diaryl/α,β-unsaturated/α-hetero) is 1. The number of hydrogen-bond donors (Lipinski definition) is 1. The molecule has 0 aliphatic heterocycles. The number of rotatable bonds is 4. The molecule has 0 aromatic carbocycles. The number of hydrogen-bond acceptors (Lipinski definition) is 2. The number of ketones is 1. The second-order valence-electron chi connectivity index (χ2n) is 5.21. The zero-order valence-corrected chi connectivity index (χ0v) is 9.96. The highest BCUT2D eigenvalue weighted by atomic mass is 35.5. The summed E-state index contributed by atoms with van der Waals surface area (Å²) in [5.41, 5.74) is 0.105. The van der Waals surface area contributed by atoms with Crippen molar-refractivity contribution in [2.24, 2.45) is 11.3 Å². The van der Waals surface area contributed by atoms with E-state index in [2.05, 4.69) is 0 Å². The van der Waals surface area contributed by atoms with Gasteiger partial charge in [-0.05, 0) is 32.6 Å². The highest BCUT2D eigenvalue weighted by molar-refractivity contribution is 6.22. The van der Waals surface area contributed by atoms with Gasteiger partial charge in [0.2, 0.25) is 0 Å². The maximum atomic E-state index is 11.5.